The molecule has 1 N–H and O–H groups in total. The summed E-state index contributed by atoms with van der Waals surface area (Å²) in [5.41, 5.74) is 0.123. The van der Waals surface area contributed by atoms with Crippen molar-refractivity contribution in [3.05, 3.63) is 64.4 Å². The number of rotatable bonds is 4. The number of aryl methyl sites for hydroxylation is 1. The molecule has 1 aliphatic heterocycles. The van der Waals surface area contributed by atoms with E-state index in [1.54, 1.807) is 34.9 Å². The summed E-state index contributed by atoms with van der Waals surface area (Å²) in [6.45, 7) is 3.27. The maximum Gasteiger partial charge on any atom is 0.418 e. The minimum Gasteiger partial charge on any atom is -0.451 e. The van der Waals surface area contributed by atoms with Gasteiger partial charge in [0, 0.05) is 42.2 Å². The van der Waals surface area contributed by atoms with E-state index >= 15 is 0 Å². The van der Waals surface area contributed by atoms with E-state index in [4.69, 9.17) is 16.0 Å². The standard InChI is InChI=1S/C23H21ClF3N3O3/c1-14-16-12-15(24)6-7-19(16)33-21(14)22(32)30-10-8-29(9-11-30)13-20(31)28-18-5-3-2-4-17(18)23(25,26)27/h2-7,12H,8-11,13H2,1H3,(H,28,31). The molecule has 0 unspecified atom stereocenters. The molecule has 6 nitrogen and oxygen atoms in total. The highest BCUT2D eigenvalue weighted by molar-refractivity contribution is 6.31. The second kappa shape index (κ2) is 9.07. The lowest BCUT2D eigenvalue weighted by Gasteiger charge is -2.34. The summed E-state index contributed by atoms with van der Waals surface area (Å²) in [6, 6.07) is 10.0. The Balaban J connectivity index is 1.35. The number of carbonyl (C=O) groups excluding carboxylic acids is 2. The van der Waals surface area contributed by atoms with E-state index in [-0.39, 0.29) is 23.9 Å². The summed E-state index contributed by atoms with van der Waals surface area (Å²) in [4.78, 5) is 28.7. The normalized spacial score (nSPS) is 15.1. The van der Waals surface area contributed by atoms with Gasteiger partial charge in [0.25, 0.3) is 5.91 Å². The molecule has 4 rings (SSSR count). The Bertz CT molecular complexity index is 1200. The van der Waals surface area contributed by atoms with E-state index in [1.807, 2.05) is 0 Å². The number of para-hydroxylation sites is 1. The van der Waals surface area contributed by atoms with Crippen molar-refractivity contribution in [2.24, 2.45) is 0 Å². The van der Waals surface area contributed by atoms with Crippen LogP contribution in [0, 0.1) is 6.92 Å². The average molecular weight is 480 g/mol. The van der Waals surface area contributed by atoms with Gasteiger partial charge in [-0.3, -0.25) is 14.5 Å². The molecule has 33 heavy (non-hydrogen) atoms. The molecular weight excluding hydrogens is 459 g/mol. The van der Waals surface area contributed by atoms with Crippen LogP contribution >= 0.6 is 11.6 Å². The summed E-state index contributed by atoms with van der Waals surface area (Å²) in [5.74, 6) is -0.540. The molecule has 0 radical (unpaired) electrons. The second-order valence-corrected chi connectivity index (χ2v) is 8.29. The molecule has 1 aliphatic rings. The first-order valence-electron chi connectivity index (χ1n) is 10.3. The summed E-state index contributed by atoms with van der Waals surface area (Å²) >= 11 is 6.04. The van der Waals surface area contributed by atoms with Crippen molar-refractivity contribution in [2.75, 3.05) is 38.0 Å². The fraction of sp³-hybridized carbons (Fsp3) is 0.304. The van der Waals surface area contributed by atoms with Gasteiger partial charge in [0.05, 0.1) is 17.8 Å². The van der Waals surface area contributed by atoms with Crippen molar-refractivity contribution in [1.82, 2.24) is 9.80 Å². The van der Waals surface area contributed by atoms with Gasteiger partial charge < -0.3 is 14.6 Å². The maximum atomic E-state index is 13.1. The molecule has 0 aliphatic carbocycles. The zero-order valence-corrected chi connectivity index (χ0v) is 18.5. The molecule has 1 aromatic heterocycles. The van der Waals surface area contributed by atoms with E-state index in [2.05, 4.69) is 5.32 Å². The number of carbonyl (C=O) groups is 2. The Morgan fingerprint density at radius 2 is 1.79 bits per heavy atom. The second-order valence-electron chi connectivity index (χ2n) is 7.86. The summed E-state index contributed by atoms with van der Waals surface area (Å²) < 4.78 is 45.1. The molecule has 10 heteroatoms. The Hall–Kier alpha value is -3.04. The fourth-order valence-corrected chi connectivity index (χ4v) is 4.05. The first-order valence-corrected chi connectivity index (χ1v) is 10.7. The van der Waals surface area contributed by atoms with Crippen LogP contribution in [-0.4, -0.2) is 54.3 Å². The van der Waals surface area contributed by atoms with Crippen LogP contribution in [0.5, 0.6) is 0 Å². The Labute approximate surface area is 192 Å². The number of alkyl halides is 3. The third kappa shape index (κ3) is 4.99. The topological polar surface area (TPSA) is 65.8 Å². The lowest BCUT2D eigenvalue weighted by molar-refractivity contribution is -0.137. The highest BCUT2D eigenvalue weighted by atomic mass is 35.5. The minimum atomic E-state index is -4.56. The van der Waals surface area contributed by atoms with Crippen LogP contribution in [0.2, 0.25) is 5.02 Å². The van der Waals surface area contributed by atoms with Crippen LogP contribution in [0.3, 0.4) is 0 Å². The molecule has 3 aromatic rings. The molecule has 2 aromatic carbocycles. The van der Waals surface area contributed by atoms with Crippen molar-refractivity contribution in [2.45, 2.75) is 13.1 Å². The number of nitrogens with one attached hydrogen (secondary N) is 1. The van der Waals surface area contributed by atoms with Crippen molar-refractivity contribution in [1.29, 1.82) is 0 Å². The number of hydrogen-bond donors (Lipinski definition) is 1. The smallest absolute Gasteiger partial charge is 0.418 e. The first-order chi connectivity index (χ1) is 15.6. The molecule has 174 valence electrons. The third-order valence-electron chi connectivity index (χ3n) is 5.63. The number of hydrogen-bond acceptors (Lipinski definition) is 4. The molecule has 0 atom stereocenters. The van der Waals surface area contributed by atoms with E-state index < -0.39 is 17.6 Å². The zero-order valence-electron chi connectivity index (χ0n) is 17.7. The largest absolute Gasteiger partial charge is 0.451 e. The van der Waals surface area contributed by atoms with E-state index in [9.17, 15) is 22.8 Å². The maximum absolute atomic E-state index is 13.1. The van der Waals surface area contributed by atoms with Crippen molar-refractivity contribution in [3.8, 4) is 0 Å². The summed E-state index contributed by atoms with van der Waals surface area (Å²) in [6.07, 6.45) is -4.56. The van der Waals surface area contributed by atoms with Gasteiger partial charge >= 0.3 is 6.18 Å². The number of fused-ring (bicyclic) bond motifs is 1. The Kier molecular flexibility index (Phi) is 6.36. The molecule has 0 spiro atoms. The SMILES string of the molecule is Cc1c(C(=O)N2CCN(CC(=O)Nc3ccccc3C(F)(F)F)CC2)oc2ccc(Cl)cc12. The molecule has 0 saturated carbocycles. The van der Waals surface area contributed by atoms with Crippen LogP contribution in [0.1, 0.15) is 21.7 Å². The lowest BCUT2D eigenvalue weighted by Crippen LogP contribution is -2.50. The highest BCUT2D eigenvalue weighted by Crippen LogP contribution is 2.34. The number of halogens is 4. The van der Waals surface area contributed by atoms with Gasteiger partial charge in [0.1, 0.15) is 5.58 Å². The Morgan fingerprint density at radius 3 is 2.48 bits per heavy atom. The summed E-state index contributed by atoms with van der Waals surface area (Å²) in [5, 5.41) is 3.67. The number of nitrogens with zero attached hydrogens (tertiary/aromatic N) is 2. The van der Waals surface area contributed by atoms with Gasteiger partial charge in [-0.1, -0.05) is 23.7 Å². The van der Waals surface area contributed by atoms with Crippen LogP contribution in [0.15, 0.2) is 46.9 Å². The number of amides is 2. The number of benzene rings is 2. The number of anilines is 1. The fourth-order valence-electron chi connectivity index (χ4n) is 3.88. The predicted octanol–water partition coefficient (Wildman–Crippen LogP) is 4.81. The average Bonchev–Trinajstić information content (AvgIpc) is 3.09. The Morgan fingerprint density at radius 1 is 1.09 bits per heavy atom. The van der Waals surface area contributed by atoms with Gasteiger partial charge in [-0.25, -0.2) is 0 Å². The molecule has 1 saturated heterocycles. The third-order valence-corrected chi connectivity index (χ3v) is 5.86. The van der Waals surface area contributed by atoms with E-state index in [0.717, 1.165) is 11.5 Å². The monoisotopic (exact) mass is 479 g/mol. The van der Waals surface area contributed by atoms with Gasteiger partial charge in [0.15, 0.2) is 5.76 Å². The number of furan rings is 1. The lowest BCUT2D eigenvalue weighted by atomic mass is 10.1. The molecule has 0 bridgehead atoms. The van der Waals surface area contributed by atoms with Gasteiger partial charge in [-0.2, -0.15) is 13.2 Å². The van der Waals surface area contributed by atoms with Crippen LogP contribution < -0.4 is 5.32 Å². The summed E-state index contributed by atoms with van der Waals surface area (Å²) in [7, 11) is 0. The van der Waals surface area contributed by atoms with Crippen molar-refractivity contribution in [3.63, 3.8) is 0 Å². The van der Waals surface area contributed by atoms with Gasteiger partial charge in [0.2, 0.25) is 5.91 Å². The molecule has 2 heterocycles. The highest BCUT2D eigenvalue weighted by Gasteiger charge is 2.34. The van der Waals surface area contributed by atoms with Crippen LogP contribution in [-0.2, 0) is 11.0 Å². The van der Waals surface area contributed by atoms with Crippen LogP contribution in [0.4, 0.5) is 18.9 Å². The quantitative estimate of drug-likeness (QED) is 0.583. The van der Waals surface area contributed by atoms with Gasteiger partial charge in [-0.05, 0) is 37.3 Å². The molecular formula is C23H21ClF3N3O3. The number of piperazine rings is 1. The molecule has 2 amide bonds. The van der Waals surface area contributed by atoms with E-state index in [1.165, 1.54) is 18.2 Å². The predicted molar refractivity (Wildman–Crippen MR) is 118 cm³/mol. The van der Waals surface area contributed by atoms with Crippen LogP contribution in [0.25, 0.3) is 11.0 Å². The first kappa shape index (κ1) is 23.1. The van der Waals surface area contributed by atoms with Gasteiger partial charge in [-0.15, -0.1) is 0 Å². The molecule has 1 fully saturated rings. The zero-order chi connectivity index (χ0) is 23.8. The van der Waals surface area contributed by atoms with E-state index in [0.29, 0.717) is 42.3 Å². The minimum absolute atomic E-state index is 0.0730. The van der Waals surface area contributed by atoms with Crippen molar-refractivity contribution >= 4 is 40.1 Å². The van der Waals surface area contributed by atoms with Crippen molar-refractivity contribution < 1.29 is 27.2 Å².